The fourth-order valence-corrected chi connectivity index (χ4v) is 20.4. The number of halogens is 4. The second-order valence-electron chi connectivity index (χ2n) is 39.4. The molecule has 0 saturated carbocycles. The summed E-state index contributed by atoms with van der Waals surface area (Å²) in [7, 11) is 10.2. The lowest BCUT2D eigenvalue weighted by Gasteiger charge is -2.32. The predicted octanol–water partition coefficient (Wildman–Crippen LogP) is 20.5. The molecule has 8 saturated heterocycles. The van der Waals surface area contributed by atoms with Crippen molar-refractivity contribution in [3.63, 3.8) is 0 Å². The average molecular weight is 2240 g/mol. The van der Waals surface area contributed by atoms with Gasteiger partial charge in [-0.2, -0.15) is 0 Å². The summed E-state index contributed by atoms with van der Waals surface area (Å²) in [6.45, 7) is 35.8. The van der Waals surface area contributed by atoms with Crippen LogP contribution in [0.2, 0.25) is 5.15 Å². The number of aromatic nitrogens is 1. The van der Waals surface area contributed by atoms with Gasteiger partial charge < -0.3 is 121 Å². The van der Waals surface area contributed by atoms with Gasteiger partial charge in [-0.1, -0.05) is 27.5 Å². The van der Waals surface area contributed by atoms with E-state index in [0.29, 0.717) is 101 Å². The van der Waals surface area contributed by atoms with Gasteiger partial charge in [-0.25, -0.2) is 9.37 Å². The van der Waals surface area contributed by atoms with Crippen molar-refractivity contribution in [3.8, 4) is 80.5 Å². The van der Waals surface area contributed by atoms with Crippen LogP contribution in [0.4, 0.5) is 32.8 Å². The third kappa shape index (κ3) is 37.4. The van der Waals surface area contributed by atoms with Crippen LogP contribution in [0.5, 0.6) is 80.5 Å². The molecule has 4 N–H and O–H groups in total. The molecule has 0 spiro atoms. The predicted molar refractivity (Wildman–Crippen MR) is 594 cm³/mol. The van der Waals surface area contributed by atoms with Crippen LogP contribution in [0, 0.1) is 36.2 Å². The number of hydrogen-bond donors (Lipinski definition) is 2. The summed E-state index contributed by atoms with van der Waals surface area (Å²) >= 11 is 13.0. The summed E-state index contributed by atoms with van der Waals surface area (Å²) in [5, 5.41) is 35.3. The first-order chi connectivity index (χ1) is 72.5. The van der Waals surface area contributed by atoms with Gasteiger partial charge in [0.15, 0.2) is 86.3 Å². The number of nitrogens with two attached hydrogens (primary N) is 2. The molecule has 1 aliphatic carbocycles. The molecule has 0 radical (unpaired) electrons. The Morgan fingerprint density at radius 3 is 1.11 bits per heavy atom. The fraction of sp³-hybridized carbons (Fsp3) is 0.591. The monoisotopic (exact) mass is 2240 g/mol. The summed E-state index contributed by atoms with van der Waals surface area (Å²) in [5.41, 5.74) is 14.5. The molecule has 7 aromatic carbocycles. The van der Waals surface area contributed by atoms with Crippen LogP contribution in [0.3, 0.4) is 0 Å². The maximum Gasteiger partial charge on any atom is 0.502 e. The highest BCUT2D eigenvalue weighted by atomic mass is 79.9. The quantitative estimate of drug-likeness (QED) is 0.00893. The van der Waals surface area contributed by atoms with Crippen LogP contribution in [-0.4, -0.2) is 306 Å². The van der Waals surface area contributed by atoms with Gasteiger partial charge in [0.25, 0.3) is 17.1 Å². The van der Waals surface area contributed by atoms with Gasteiger partial charge in [0.05, 0.1) is 161 Å². The molecule has 1 aromatic heterocycles. The average Bonchev–Trinajstić information content (AvgIpc) is 1.61. The zero-order chi connectivity index (χ0) is 107. The Morgan fingerprint density at radius 1 is 0.373 bits per heavy atom. The number of nitrogens with zero attached hydrogens (tertiary/aromatic N) is 11. The Bertz CT molecular complexity index is 5480. The van der Waals surface area contributed by atoms with Crippen molar-refractivity contribution in [2.45, 2.75) is 193 Å². The van der Waals surface area contributed by atoms with Gasteiger partial charge in [-0.15, -0.1) is 0 Å². The third-order valence-electron chi connectivity index (χ3n) is 28.2. The van der Waals surface area contributed by atoms with Crippen LogP contribution >= 0.6 is 43.5 Å². The standard InChI is InChI=1S/C20H31BN2O6.C20H25ClN2O2.C14H19BrN2O4.C14H20BrNO2.C14H21FN2O2.C14H20N2O4.C14H22N2O2/c1-19(2)20(3,4)29-21(28-19)15-13-17(26-5)18(14-16(15)23(24)25)27-12-8-11-22-9-6-7-10-22;1-24-18-12-16-14-6-4-7-15(14)20(21)22-17(16)13-19(18)25-11-5-10-23-8-2-3-9-23;1-20-13-9-11(15)12(17(18)19)10-14(13)21-8-4-7-16-5-2-3-6-16;1-17-14-11-12(15)5-6-13(14)18-10-4-9-16-7-2-3-8-16;1-18-12-6-5-11(16)13(15)14(12)19-10-4-9-17-7-2-3-8-17;1-19-13-6-5-12(16(17)18)11-14(13)20-10-4-9-15-7-2-3-8-15;1-17-13-6-5-12(15)11-14(13)18-10-4-9-16-7-2-3-8-16/h13-14H,6-12H2,1-5H3;12-13H,2-11H2,1H3;9-10H,2-8H2,1H3;5-6,11H,2-4,7-10H2,1H3;5-6H,2-4,7-10,16H2,1H3;5-6,11H,2-4,7-10H2,1H3;5-6,11H,2-4,7-10,15H2,1H3. The summed E-state index contributed by atoms with van der Waals surface area (Å²) in [4.78, 5) is 53.9. The number of hydrogen-bond acceptors (Lipinski definition) is 32. The van der Waals surface area contributed by atoms with Crippen LogP contribution in [0.25, 0.3) is 10.9 Å². The molecule has 150 heavy (non-hydrogen) atoms. The topological polar surface area (TPSA) is 365 Å². The van der Waals surface area contributed by atoms with Gasteiger partial charge in [0.2, 0.25) is 0 Å². The minimum Gasteiger partial charge on any atom is -0.493 e. The smallest absolute Gasteiger partial charge is 0.493 e. The summed E-state index contributed by atoms with van der Waals surface area (Å²) < 4.78 is 104. The van der Waals surface area contributed by atoms with E-state index in [2.05, 4.69) is 77.2 Å². The number of likely N-dealkylation sites (tertiary alicyclic amines) is 7. The van der Waals surface area contributed by atoms with E-state index in [1.807, 2.05) is 70.2 Å². The lowest BCUT2D eigenvalue weighted by Crippen LogP contribution is -2.41. The van der Waals surface area contributed by atoms with E-state index in [0.717, 1.165) is 206 Å². The molecular weight excluding hydrogens is 2080 g/mol. The van der Waals surface area contributed by atoms with Gasteiger partial charge >= 0.3 is 7.12 Å². The molecule has 826 valence electrons. The number of pyridine rings is 1. The molecule has 8 aliphatic heterocycles. The molecule has 40 heteroatoms. The highest BCUT2D eigenvalue weighted by molar-refractivity contribution is 9.10. The molecule has 8 aromatic rings. The Hall–Kier alpha value is -10.2. The Morgan fingerprint density at radius 2 is 0.707 bits per heavy atom. The minimum absolute atomic E-state index is 0.0142. The molecule has 8 fully saturated rings. The molecule has 0 amide bonds. The van der Waals surface area contributed by atoms with Gasteiger partial charge in [0, 0.05) is 85.6 Å². The van der Waals surface area contributed by atoms with E-state index in [4.69, 9.17) is 98.7 Å². The van der Waals surface area contributed by atoms with Crippen molar-refractivity contribution >= 4 is 95.4 Å². The number of nitro groups is 3. The number of non-ortho nitro benzene ring substituents is 1. The number of nitro benzene ring substituents is 3. The molecule has 17 rings (SSSR count). The SMILES string of the molecule is COc1cc(B2OC(C)(C)C(C)(C)O2)c([N+](=O)[O-])cc1OCCCN1CCCC1.COc1cc(Br)c([N+](=O)[O-])cc1OCCCN1CCCC1.COc1cc(Br)ccc1OCCCN1CCCC1.COc1cc2c3c(c(Cl)nc2cc1OCCCN1CCCC1)CCC3.COc1ccc(N)c(F)c1OCCCN1CCCC1.COc1ccc(N)cc1OCCCN1CCCC1.COc1ccc([N+](=O)[O-])cc1OCCCN1CCCC1. The normalized spacial score (nSPS) is 16.8. The second kappa shape index (κ2) is 62.9. The van der Waals surface area contributed by atoms with Gasteiger partial charge in [0.1, 0.15) is 5.15 Å². The van der Waals surface area contributed by atoms with E-state index in [9.17, 15) is 34.7 Å². The molecule has 9 heterocycles. The Balaban J connectivity index is 0.000000167. The highest BCUT2D eigenvalue weighted by Gasteiger charge is 2.54. The van der Waals surface area contributed by atoms with E-state index in [-0.39, 0.29) is 28.5 Å². The first kappa shape index (κ1) is 120. The van der Waals surface area contributed by atoms with E-state index in [1.54, 1.807) is 45.6 Å². The minimum atomic E-state index is -0.849. The number of benzene rings is 7. The van der Waals surface area contributed by atoms with Crippen molar-refractivity contribution < 1.29 is 94.8 Å². The summed E-state index contributed by atoms with van der Waals surface area (Å²) in [5.74, 6) is 7.24. The number of anilines is 2. The highest BCUT2D eigenvalue weighted by Crippen LogP contribution is 2.44. The molecule has 9 aliphatic rings. The van der Waals surface area contributed by atoms with Crippen LogP contribution in [-0.2, 0) is 22.2 Å². The van der Waals surface area contributed by atoms with E-state index < -0.39 is 38.9 Å². The summed E-state index contributed by atoms with van der Waals surface area (Å²) in [6.07, 6.45) is 28.1. The zero-order valence-corrected chi connectivity index (χ0v) is 93.7. The van der Waals surface area contributed by atoms with Crippen molar-refractivity contribution in [1.29, 1.82) is 0 Å². The first-order valence-corrected chi connectivity index (χ1v) is 55.1. The van der Waals surface area contributed by atoms with Crippen molar-refractivity contribution in [2.75, 3.05) is 245 Å². The number of nitrogen functional groups attached to an aromatic ring is 2. The molecule has 0 bridgehead atoms. The largest absolute Gasteiger partial charge is 0.502 e. The Kier molecular flexibility index (Phi) is 50.3. The number of methoxy groups -OCH3 is 7. The van der Waals surface area contributed by atoms with Crippen LogP contribution in [0.15, 0.2) is 112 Å². The van der Waals surface area contributed by atoms with E-state index >= 15 is 0 Å². The molecule has 0 unspecified atom stereocenters. The lowest BCUT2D eigenvalue weighted by atomic mass is 9.77. The number of fused-ring (bicyclic) bond motifs is 3. The van der Waals surface area contributed by atoms with Crippen LogP contribution in [0.1, 0.15) is 180 Å². The maximum absolute atomic E-state index is 13.8. The van der Waals surface area contributed by atoms with E-state index in [1.165, 1.54) is 212 Å². The summed E-state index contributed by atoms with van der Waals surface area (Å²) in [6, 6.07) is 28.8. The van der Waals surface area contributed by atoms with Gasteiger partial charge in [-0.3, -0.25) is 30.3 Å². The lowest BCUT2D eigenvalue weighted by molar-refractivity contribution is -0.385. The number of aryl methyl sites for hydroxylation is 1. The number of ether oxygens (including phenoxy) is 14. The maximum atomic E-state index is 13.8. The number of rotatable bonds is 46. The zero-order valence-electron chi connectivity index (χ0n) is 89.7. The molecular formula is C110H158BBr2ClFN13O22. The molecule has 35 nitrogen and oxygen atoms in total. The Labute approximate surface area is 906 Å². The van der Waals surface area contributed by atoms with Crippen molar-refractivity contribution in [1.82, 2.24) is 39.3 Å². The second-order valence-corrected chi connectivity index (χ2v) is 41.5. The van der Waals surface area contributed by atoms with Crippen molar-refractivity contribution in [3.05, 3.63) is 165 Å². The van der Waals surface area contributed by atoms with Crippen molar-refractivity contribution in [2.24, 2.45) is 0 Å². The van der Waals surface area contributed by atoms with Crippen LogP contribution < -0.4 is 83.2 Å². The van der Waals surface area contributed by atoms with Gasteiger partial charge in [-0.05, 0) is 361 Å². The third-order valence-corrected chi connectivity index (χ3v) is 29.7. The fourth-order valence-electron chi connectivity index (χ4n) is 19.3. The molecule has 0 atom stereocenters. The first-order valence-electron chi connectivity index (χ1n) is 53.1.